The fourth-order valence-electron chi connectivity index (χ4n) is 2.10. The van der Waals surface area contributed by atoms with Gasteiger partial charge in [-0.25, -0.2) is 4.98 Å². The van der Waals surface area contributed by atoms with Gasteiger partial charge >= 0.3 is 0 Å². The average molecular weight is 327 g/mol. The van der Waals surface area contributed by atoms with Gasteiger partial charge in [0.25, 0.3) is 5.91 Å². The van der Waals surface area contributed by atoms with E-state index in [4.69, 9.17) is 23.2 Å². The number of rotatable bonds is 3. The molecule has 0 fully saturated rings. The lowest BCUT2D eigenvalue weighted by molar-refractivity contribution is 0.102. The zero-order valence-corrected chi connectivity index (χ0v) is 13.7. The molecule has 0 aromatic carbocycles. The largest absolute Gasteiger partial charge is 0.317 e. The molecular weight excluding hydrogens is 311 g/mol. The maximum atomic E-state index is 12.3. The monoisotopic (exact) mass is 326 g/mol. The molecule has 0 aliphatic carbocycles. The third kappa shape index (κ3) is 3.19. The summed E-state index contributed by atoms with van der Waals surface area (Å²) in [5, 5.41) is 7.70. The SMILES string of the molecule is Cc1nn(C(C)C)c(C)c1NC(=O)c1nc(Cl)ccc1Cl. The van der Waals surface area contributed by atoms with E-state index in [-0.39, 0.29) is 21.9 Å². The quantitative estimate of drug-likeness (QED) is 0.866. The molecule has 5 nitrogen and oxygen atoms in total. The molecule has 0 bridgehead atoms. The predicted octanol–water partition coefficient (Wildman–Crippen LogP) is 4.03. The molecule has 2 aromatic rings. The number of aryl methyl sites for hydroxylation is 1. The van der Waals surface area contributed by atoms with Gasteiger partial charge in [-0.1, -0.05) is 23.2 Å². The lowest BCUT2D eigenvalue weighted by Gasteiger charge is -2.09. The summed E-state index contributed by atoms with van der Waals surface area (Å²) in [5.74, 6) is -0.406. The number of anilines is 1. The Balaban J connectivity index is 2.34. The van der Waals surface area contributed by atoms with Gasteiger partial charge in [-0.05, 0) is 39.8 Å². The van der Waals surface area contributed by atoms with Gasteiger partial charge in [0.2, 0.25) is 0 Å². The Labute approximate surface area is 133 Å². The Morgan fingerprint density at radius 2 is 1.95 bits per heavy atom. The fourth-order valence-corrected chi connectivity index (χ4v) is 2.44. The van der Waals surface area contributed by atoms with E-state index in [2.05, 4.69) is 15.4 Å². The van der Waals surface area contributed by atoms with Gasteiger partial charge in [0.1, 0.15) is 10.8 Å². The fraction of sp³-hybridized carbons (Fsp3) is 0.357. The number of hydrogen-bond acceptors (Lipinski definition) is 3. The van der Waals surface area contributed by atoms with Crippen LogP contribution in [0.15, 0.2) is 12.1 Å². The Kier molecular flexibility index (Phi) is 4.54. The molecule has 1 amide bonds. The predicted molar refractivity (Wildman–Crippen MR) is 84.3 cm³/mol. The van der Waals surface area contributed by atoms with Gasteiger partial charge in [-0.2, -0.15) is 5.10 Å². The highest BCUT2D eigenvalue weighted by molar-refractivity contribution is 6.35. The lowest BCUT2D eigenvalue weighted by atomic mass is 10.2. The molecule has 1 N–H and O–H groups in total. The van der Waals surface area contributed by atoms with Crippen LogP contribution >= 0.6 is 23.2 Å². The number of carbonyl (C=O) groups is 1. The van der Waals surface area contributed by atoms with E-state index in [1.165, 1.54) is 6.07 Å². The van der Waals surface area contributed by atoms with Crippen molar-refractivity contribution in [2.45, 2.75) is 33.7 Å². The normalized spacial score (nSPS) is 11.0. The molecular formula is C14H16Cl2N4O. The first kappa shape index (κ1) is 15.8. The molecule has 2 aromatic heterocycles. The summed E-state index contributed by atoms with van der Waals surface area (Å²) in [5.41, 5.74) is 2.40. The number of nitrogens with zero attached hydrogens (tertiary/aromatic N) is 3. The van der Waals surface area contributed by atoms with Gasteiger partial charge in [0.15, 0.2) is 0 Å². The minimum absolute atomic E-state index is 0.0975. The third-order valence-electron chi connectivity index (χ3n) is 3.08. The van der Waals surface area contributed by atoms with Crippen LogP contribution in [0.25, 0.3) is 0 Å². The third-order valence-corrected chi connectivity index (χ3v) is 3.60. The van der Waals surface area contributed by atoms with Crippen molar-refractivity contribution < 1.29 is 4.79 Å². The van der Waals surface area contributed by atoms with Gasteiger partial charge < -0.3 is 5.32 Å². The van der Waals surface area contributed by atoms with E-state index in [0.717, 1.165) is 11.4 Å². The highest BCUT2D eigenvalue weighted by Crippen LogP contribution is 2.24. The lowest BCUT2D eigenvalue weighted by Crippen LogP contribution is -2.15. The highest BCUT2D eigenvalue weighted by atomic mass is 35.5. The molecule has 0 aliphatic rings. The van der Waals surface area contributed by atoms with Gasteiger partial charge in [0.05, 0.1) is 22.1 Å². The van der Waals surface area contributed by atoms with Crippen LogP contribution in [0.2, 0.25) is 10.2 Å². The average Bonchev–Trinajstić information content (AvgIpc) is 2.69. The Hall–Kier alpha value is -1.59. The zero-order chi connectivity index (χ0) is 15.7. The van der Waals surface area contributed by atoms with E-state index in [1.807, 2.05) is 32.4 Å². The standard InChI is InChI=1S/C14H16Cl2N4O/c1-7(2)20-9(4)12(8(3)19-20)18-14(21)13-10(15)5-6-11(16)17-13/h5-7H,1-4H3,(H,18,21). The van der Waals surface area contributed by atoms with E-state index >= 15 is 0 Å². The van der Waals surface area contributed by atoms with E-state index < -0.39 is 5.91 Å². The number of hydrogen-bond donors (Lipinski definition) is 1. The Morgan fingerprint density at radius 3 is 2.52 bits per heavy atom. The van der Waals surface area contributed by atoms with Crippen molar-refractivity contribution in [1.82, 2.24) is 14.8 Å². The molecule has 21 heavy (non-hydrogen) atoms. The second kappa shape index (κ2) is 6.03. The van der Waals surface area contributed by atoms with Crippen LogP contribution in [0.1, 0.15) is 41.8 Å². The van der Waals surface area contributed by atoms with Crippen LogP contribution in [0, 0.1) is 13.8 Å². The summed E-state index contributed by atoms with van der Waals surface area (Å²) in [6.07, 6.45) is 0. The molecule has 0 spiro atoms. The van der Waals surface area contributed by atoms with Crippen LogP contribution < -0.4 is 5.32 Å². The number of nitrogens with one attached hydrogen (secondary N) is 1. The second-order valence-corrected chi connectivity index (χ2v) is 5.80. The first-order valence-electron chi connectivity index (χ1n) is 6.50. The van der Waals surface area contributed by atoms with E-state index in [9.17, 15) is 4.79 Å². The molecule has 0 radical (unpaired) electrons. The molecule has 7 heteroatoms. The van der Waals surface area contributed by atoms with Crippen LogP contribution in [0.4, 0.5) is 5.69 Å². The second-order valence-electron chi connectivity index (χ2n) is 5.00. The summed E-state index contributed by atoms with van der Waals surface area (Å²) in [6.45, 7) is 7.80. The Morgan fingerprint density at radius 1 is 1.29 bits per heavy atom. The van der Waals surface area contributed by atoms with Crippen LogP contribution in [-0.2, 0) is 0 Å². The number of carbonyl (C=O) groups excluding carboxylic acids is 1. The minimum Gasteiger partial charge on any atom is -0.317 e. The minimum atomic E-state index is -0.406. The maximum absolute atomic E-state index is 12.3. The molecule has 2 rings (SSSR count). The van der Waals surface area contributed by atoms with Crippen molar-refractivity contribution in [3.63, 3.8) is 0 Å². The summed E-state index contributed by atoms with van der Waals surface area (Å²) < 4.78 is 1.86. The summed E-state index contributed by atoms with van der Waals surface area (Å²) in [4.78, 5) is 16.3. The van der Waals surface area contributed by atoms with Crippen molar-refractivity contribution in [2.24, 2.45) is 0 Å². The topological polar surface area (TPSA) is 59.8 Å². The van der Waals surface area contributed by atoms with Gasteiger partial charge in [-0.15, -0.1) is 0 Å². The summed E-state index contributed by atoms with van der Waals surface area (Å²) in [7, 11) is 0. The van der Waals surface area contributed by atoms with Crippen molar-refractivity contribution in [2.75, 3.05) is 5.32 Å². The molecule has 0 aliphatic heterocycles. The smallest absolute Gasteiger partial charge is 0.275 e. The van der Waals surface area contributed by atoms with Crippen molar-refractivity contribution in [3.8, 4) is 0 Å². The van der Waals surface area contributed by atoms with Crippen molar-refractivity contribution >= 4 is 34.8 Å². The number of halogens is 2. The zero-order valence-electron chi connectivity index (χ0n) is 12.2. The molecule has 0 atom stereocenters. The number of pyridine rings is 1. The van der Waals surface area contributed by atoms with Crippen LogP contribution in [-0.4, -0.2) is 20.7 Å². The first-order chi connectivity index (χ1) is 9.81. The van der Waals surface area contributed by atoms with Gasteiger partial charge in [-0.3, -0.25) is 9.48 Å². The number of amides is 1. The van der Waals surface area contributed by atoms with Crippen LogP contribution in [0.5, 0.6) is 0 Å². The molecule has 0 saturated carbocycles. The van der Waals surface area contributed by atoms with Crippen molar-refractivity contribution in [3.05, 3.63) is 39.4 Å². The van der Waals surface area contributed by atoms with E-state index in [1.54, 1.807) is 6.07 Å². The highest BCUT2D eigenvalue weighted by Gasteiger charge is 2.19. The summed E-state index contributed by atoms with van der Waals surface area (Å²) in [6, 6.07) is 3.29. The molecule has 112 valence electrons. The first-order valence-corrected chi connectivity index (χ1v) is 7.26. The van der Waals surface area contributed by atoms with Gasteiger partial charge in [0, 0.05) is 6.04 Å². The molecule has 0 saturated heterocycles. The van der Waals surface area contributed by atoms with Crippen LogP contribution in [0.3, 0.4) is 0 Å². The molecule has 0 unspecified atom stereocenters. The number of aromatic nitrogens is 3. The van der Waals surface area contributed by atoms with E-state index in [0.29, 0.717) is 5.69 Å². The van der Waals surface area contributed by atoms with Crippen molar-refractivity contribution in [1.29, 1.82) is 0 Å². The molecule has 2 heterocycles. The summed E-state index contributed by atoms with van der Waals surface area (Å²) >= 11 is 11.8. The Bertz CT molecular complexity index is 695. The maximum Gasteiger partial charge on any atom is 0.275 e.